The van der Waals surface area contributed by atoms with Crippen LogP contribution in [0, 0.1) is 6.92 Å². The van der Waals surface area contributed by atoms with Gasteiger partial charge in [-0.3, -0.25) is 5.43 Å². The SMILES string of the molecule is COc1cccc(/C=N/Nc2nc(C)cs2)c1OC. The highest BCUT2D eigenvalue weighted by Crippen LogP contribution is 2.29. The number of thiazole rings is 1. The predicted molar refractivity (Wildman–Crippen MR) is 77.6 cm³/mol. The first-order valence-electron chi connectivity index (χ1n) is 5.66. The third kappa shape index (κ3) is 3.23. The molecular weight excluding hydrogens is 262 g/mol. The monoisotopic (exact) mass is 277 g/mol. The first-order valence-corrected chi connectivity index (χ1v) is 6.54. The largest absolute Gasteiger partial charge is 0.493 e. The molecule has 100 valence electrons. The van der Waals surface area contributed by atoms with E-state index in [1.165, 1.54) is 11.3 Å². The molecule has 0 amide bonds. The third-order valence-corrected chi connectivity index (χ3v) is 3.28. The average molecular weight is 277 g/mol. The maximum absolute atomic E-state index is 5.32. The van der Waals surface area contributed by atoms with E-state index in [0.717, 1.165) is 16.4 Å². The summed E-state index contributed by atoms with van der Waals surface area (Å²) in [6.07, 6.45) is 1.68. The summed E-state index contributed by atoms with van der Waals surface area (Å²) in [5.41, 5.74) is 4.69. The van der Waals surface area contributed by atoms with Crippen LogP contribution in [0.4, 0.5) is 5.13 Å². The van der Waals surface area contributed by atoms with Gasteiger partial charge in [0.15, 0.2) is 11.5 Å². The number of rotatable bonds is 5. The van der Waals surface area contributed by atoms with Gasteiger partial charge in [0.1, 0.15) is 0 Å². The standard InChI is InChI=1S/C13H15N3O2S/c1-9-8-19-13(15-9)16-14-7-10-5-4-6-11(17-2)12(10)18-3/h4-8H,1-3H3,(H,15,16)/b14-7+. The van der Waals surface area contributed by atoms with Crippen LogP contribution in [0.2, 0.25) is 0 Å². The molecule has 0 saturated heterocycles. The van der Waals surface area contributed by atoms with Crippen LogP contribution in [0.15, 0.2) is 28.7 Å². The average Bonchev–Trinajstić information content (AvgIpc) is 2.84. The molecule has 1 N–H and O–H groups in total. The van der Waals surface area contributed by atoms with Gasteiger partial charge in [-0.25, -0.2) is 4.98 Å². The molecule has 6 heteroatoms. The predicted octanol–water partition coefficient (Wildman–Crippen LogP) is 2.91. The van der Waals surface area contributed by atoms with Gasteiger partial charge in [0.2, 0.25) is 5.13 Å². The lowest BCUT2D eigenvalue weighted by Gasteiger charge is -2.09. The van der Waals surface area contributed by atoms with Gasteiger partial charge in [0.05, 0.1) is 26.1 Å². The molecule has 0 aliphatic heterocycles. The number of hydrazone groups is 1. The molecule has 5 nitrogen and oxygen atoms in total. The second-order valence-electron chi connectivity index (χ2n) is 3.75. The van der Waals surface area contributed by atoms with Crippen molar-refractivity contribution in [2.24, 2.45) is 5.10 Å². The van der Waals surface area contributed by atoms with E-state index < -0.39 is 0 Å². The molecule has 0 saturated carbocycles. The Morgan fingerprint density at radius 1 is 1.32 bits per heavy atom. The Morgan fingerprint density at radius 2 is 2.16 bits per heavy atom. The maximum atomic E-state index is 5.32. The quantitative estimate of drug-likeness (QED) is 0.674. The van der Waals surface area contributed by atoms with Crippen LogP contribution in [0.3, 0.4) is 0 Å². The van der Waals surface area contributed by atoms with Gasteiger partial charge in [0.25, 0.3) is 0 Å². The number of para-hydroxylation sites is 1. The van der Waals surface area contributed by atoms with Crippen LogP contribution in [-0.4, -0.2) is 25.4 Å². The van der Waals surface area contributed by atoms with E-state index in [0.29, 0.717) is 11.5 Å². The third-order valence-electron chi connectivity index (χ3n) is 2.42. The zero-order valence-corrected chi connectivity index (χ0v) is 11.8. The van der Waals surface area contributed by atoms with Crippen LogP contribution < -0.4 is 14.9 Å². The molecular formula is C13H15N3O2S. The summed E-state index contributed by atoms with van der Waals surface area (Å²) in [6, 6.07) is 5.63. The van der Waals surface area contributed by atoms with Gasteiger partial charge < -0.3 is 9.47 Å². The van der Waals surface area contributed by atoms with Crippen molar-refractivity contribution in [3.8, 4) is 11.5 Å². The number of benzene rings is 1. The minimum Gasteiger partial charge on any atom is -0.493 e. The van der Waals surface area contributed by atoms with Crippen molar-refractivity contribution in [2.75, 3.05) is 19.6 Å². The fourth-order valence-corrected chi connectivity index (χ4v) is 2.21. The Balaban J connectivity index is 2.14. The molecule has 0 spiro atoms. The van der Waals surface area contributed by atoms with E-state index in [-0.39, 0.29) is 0 Å². The van der Waals surface area contributed by atoms with Crippen LogP contribution in [0.1, 0.15) is 11.3 Å². The Morgan fingerprint density at radius 3 is 2.79 bits per heavy atom. The number of nitrogens with one attached hydrogen (secondary N) is 1. The number of anilines is 1. The fraction of sp³-hybridized carbons (Fsp3) is 0.231. The van der Waals surface area contributed by atoms with E-state index in [2.05, 4.69) is 15.5 Å². The lowest BCUT2D eigenvalue weighted by molar-refractivity contribution is 0.354. The number of aryl methyl sites for hydroxylation is 1. The zero-order valence-electron chi connectivity index (χ0n) is 11.0. The fourth-order valence-electron chi connectivity index (χ4n) is 1.58. The van der Waals surface area contributed by atoms with E-state index in [1.807, 2.05) is 30.5 Å². The summed E-state index contributed by atoms with van der Waals surface area (Å²) in [6.45, 7) is 1.94. The Labute approximate surface area is 115 Å². The first-order chi connectivity index (χ1) is 9.24. The van der Waals surface area contributed by atoms with E-state index in [1.54, 1.807) is 20.4 Å². The topological polar surface area (TPSA) is 55.7 Å². The molecule has 0 aliphatic carbocycles. The smallest absolute Gasteiger partial charge is 0.203 e. The highest BCUT2D eigenvalue weighted by atomic mass is 32.1. The molecule has 1 aromatic heterocycles. The van der Waals surface area contributed by atoms with Crippen LogP contribution in [-0.2, 0) is 0 Å². The molecule has 1 aromatic carbocycles. The number of hydrogen-bond acceptors (Lipinski definition) is 6. The maximum Gasteiger partial charge on any atom is 0.203 e. The van der Waals surface area contributed by atoms with E-state index in [9.17, 15) is 0 Å². The van der Waals surface area contributed by atoms with Crippen molar-refractivity contribution in [1.29, 1.82) is 0 Å². The minimum absolute atomic E-state index is 0.658. The van der Waals surface area contributed by atoms with E-state index in [4.69, 9.17) is 9.47 Å². The molecule has 0 unspecified atom stereocenters. The molecule has 2 rings (SSSR count). The highest BCUT2D eigenvalue weighted by Gasteiger charge is 2.07. The Kier molecular flexibility index (Phi) is 4.35. The summed E-state index contributed by atoms with van der Waals surface area (Å²) in [5.74, 6) is 1.34. The first kappa shape index (κ1) is 13.4. The number of aromatic nitrogens is 1. The van der Waals surface area contributed by atoms with Crippen molar-refractivity contribution in [2.45, 2.75) is 6.92 Å². The summed E-state index contributed by atoms with van der Waals surface area (Å²) in [5, 5.41) is 6.87. The number of methoxy groups -OCH3 is 2. The Bertz CT molecular complexity index is 581. The second kappa shape index (κ2) is 6.19. The Hall–Kier alpha value is -2.08. The number of ether oxygens (including phenoxy) is 2. The van der Waals surface area contributed by atoms with Crippen molar-refractivity contribution >= 4 is 22.7 Å². The van der Waals surface area contributed by atoms with Crippen molar-refractivity contribution < 1.29 is 9.47 Å². The lowest BCUT2D eigenvalue weighted by Crippen LogP contribution is -1.96. The second-order valence-corrected chi connectivity index (χ2v) is 4.60. The highest BCUT2D eigenvalue weighted by molar-refractivity contribution is 7.13. The summed E-state index contributed by atoms with van der Waals surface area (Å²) < 4.78 is 10.5. The molecule has 2 aromatic rings. The van der Waals surface area contributed by atoms with Gasteiger partial charge in [-0.2, -0.15) is 5.10 Å². The van der Waals surface area contributed by atoms with Crippen molar-refractivity contribution in [3.05, 3.63) is 34.8 Å². The van der Waals surface area contributed by atoms with Crippen molar-refractivity contribution in [3.63, 3.8) is 0 Å². The van der Waals surface area contributed by atoms with Crippen LogP contribution in [0.25, 0.3) is 0 Å². The van der Waals surface area contributed by atoms with Gasteiger partial charge in [-0.15, -0.1) is 11.3 Å². The normalized spacial score (nSPS) is 10.7. The summed E-state index contributed by atoms with van der Waals surface area (Å²) >= 11 is 1.51. The lowest BCUT2D eigenvalue weighted by atomic mass is 10.2. The molecule has 0 radical (unpaired) electrons. The van der Waals surface area contributed by atoms with Gasteiger partial charge in [-0.05, 0) is 19.1 Å². The molecule has 19 heavy (non-hydrogen) atoms. The minimum atomic E-state index is 0.658. The van der Waals surface area contributed by atoms with Crippen molar-refractivity contribution in [1.82, 2.24) is 4.98 Å². The number of nitrogens with zero attached hydrogens (tertiary/aromatic N) is 2. The molecule has 0 aliphatic rings. The summed E-state index contributed by atoms with van der Waals surface area (Å²) in [4.78, 5) is 4.26. The number of hydrogen-bond donors (Lipinski definition) is 1. The van der Waals surface area contributed by atoms with Gasteiger partial charge in [0, 0.05) is 10.9 Å². The zero-order chi connectivity index (χ0) is 13.7. The van der Waals surface area contributed by atoms with E-state index >= 15 is 0 Å². The molecule has 0 fully saturated rings. The van der Waals surface area contributed by atoms with Crippen LogP contribution >= 0.6 is 11.3 Å². The van der Waals surface area contributed by atoms with Crippen LogP contribution in [0.5, 0.6) is 11.5 Å². The molecule has 1 heterocycles. The molecule has 0 atom stereocenters. The van der Waals surface area contributed by atoms with Gasteiger partial charge in [-0.1, -0.05) is 6.07 Å². The van der Waals surface area contributed by atoms with Gasteiger partial charge >= 0.3 is 0 Å². The summed E-state index contributed by atoms with van der Waals surface area (Å²) in [7, 11) is 3.21. The molecule has 0 bridgehead atoms.